The van der Waals surface area contributed by atoms with Gasteiger partial charge in [-0.25, -0.2) is 9.78 Å². The average Bonchev–Trinajstić information content (AvgIpc) is 2.43. The first-order valence-electron chi connectivity index (χ1n) is 7.04. The van der Waals surface area contributed by atoms with Crippen molar-refractivity contribution >= 4 is 17.5 Å². The van der Waals surface area contributed by atoms with E-state index in [-0.39, 0.29) is 6.61 Å². The quantitative estimate of drug-likeness (QED) is 0.774. The molecule has 2 N–H and O–H groups in total. The summed E-state index contributed by atoms with van der Waals surface area (Å²) >= 11 is 0. The van der Waals surface area contributed by atoms with Crippen molar-refractivity contribution in [3.63, 3.8) is 0 Å². The number of hydrogen-bond acceptors (Lipinski definition) is 6. The molecule has 0 unspecified atom stereocenters. The molecule has 0 saturated carbocycles. The lowest BCUT2D eigenvalue weighted by Gasteiger charge is -2.26. The minimum Gasteiger partial charge on any atom is -0.462 e. The fourth-order valence-electron chi connectivity index (χ4n) is 1.99. The number of hydrogen-bond donors (Lipinski definition) is 1. The van der Waals surface area contributed by atoms with Gasteiger partial charge in [0.2, 0.25) is 0 Å². The molecule has 21 heavy (non-hydrogen) atoms. The van der Waals surface area contributed by atoms with Gasteiger partial charge in [0, 0.05) is 13.1 Å². The maximum absolute atomic E-state index is 12.1. The smallest absolute Gasteiger partial charge is 0.341 e. The van der Waals surface area contributed by atoms with Gasteiger partial charge in [0.15, 0.2) is 0 Å². The van der Waals surface area contributed by atoms with E-state index in [1.165, 1.54) is 6.20 Å². The molecule has 1 aromatic rings. The van der Waals surface area contributed by atoms with Crippen LogP contribution in [0.4, 0.5) is 11.5 Å². The van der Waals surface area contributed by atoms with E-state index in [4.69, 9.17) is 15.7 Å². The molecule has 0 spiro atoms. The van der Waals surface area contributed by atoms with E-state index in [9.17, 15) is 4.79 Å². The topological polar surface area (TPSA) is 92.2 Å². The van der Waals surface area contributed by atoms with Gasteiger partial charge in [0.25, 0.3) is 0 Å². The predicted molar refractivity (Wildman–Crippen MR) is 81.9 cm³/mol. The minimum atomic E-state index is -0.446. The Morgan fingerprint density at radius 2 is 2.29 bits per heavy atom. The Morgan fingerprint density at radius 1 is 1.57 bits per heavy atom. The Labute approximate surface area is 125 Å². The molecule has 0 saturated heterocycles. The van der Waals surface area contributed by atoms with E-state index in [1.807, 2.05) is 4.90 Å². The molecule has 0 aliphatic carbocycles. The van der Waals surface area contributed by atoms with E-state index in [0.717, 1.165) is 0 Å². The third kappa shape index (κ3) is 4.95. The largest absolute Gasteiger partial charge is 0.462 e. The average molecular weight is 290 g/mol. The summed E-state index contributed by atoms with van der Waals surface area (Å²) in [5.41, 5.74) is 6.47. The number of esters is 1. The number of aromatic nitrogens is 1. The lowest BCUT2D eigenvalue weighted by Crippen LogP contribution is -2.31. The lowest BCUT2D eigenvalue weighted by molar-refractivity contribution is 0.0526. The highest BCUT2D eigenvalue weighted by Crippen LogP contribution is 2.22. The third-order valence-electron chi connectivity index (χ3n) is 2.76. The highest BCUT2D eigenvalue weighted by Gasteiger charge is 2.20. The van der Waals surface area contributed by atoms with E-state index in [1.54, 1.807) is 13.0 Å². The van der Waals surface area contributed by atoms with Crippen LogP contribution in [0.1, 0.15) is 37.6 Å². The van der Waals surface area contributed by atoms with Gasteiger partial charge in [-0.1, -0.05) is 13.8 Å². The van der Waals surface area contributed by atoms with Crippen LogP contribution in [0, 0.1) is 17.2 Å². The fourth-order valence-corrected chi connectivity index (χ4v) is 1.99. The number of carbonyl (C=O) groups is 1. The van der Waals surface area contributed by atoms with Gasteiger partial charge in [-0.3, -0.25) is 0 Å². The molecule has 0 atom stereocenters. The van der Waals surface area contributed by atoms with Crippen LogP contribution in [-0.2, 0) is 4.74 Å². The Hall–Kier alpha value is -2.29. The lowest BCUT2D eigenvalue weighted by atomic mass is 10.1. The summed E-state index contributed by atoms with van der Waals surface area (Å²) in [5.74, 6) is 0.447. The minimum absolute atomic E-state index is 0.287. The molecule has 0 fully saturated rings. The molecule has 1 aromatic heterocycles. The molecule has 0 amide bonds. The zero-order chi connectivity index (χ0) is 15.8. The molecule has 6 nitrogen and oxygen atoms in total. The Balaban J connectivity index is 3.16. The van der Waals surface area contributed by atoms with E-state index >= 15 is 0 Å². The Bertz CT molecular complexity index is 523. The number of nitrogen functional groups attached to an aromatic ring is 1. The van der Waals surface area contributed by atoms with Crippen LogP contribution in [0.3, 0.4) is 0 Å². The highest BCUT2D eigenvalue weighted by atomic mass is 16.5. The first-order valence-corrected chi connectivity index (χ1v) is 7.04. The summed E-state index contributed by atoms with van der Waals surface area (Å²) in [4.78, 5) is 18.3. The van der Waals surface area contributed by atoms with Gasteiger partial charge in [-0.2, -0.15) is 5.26 Å². The second-order valence-corrected chi connectivity index (χ2v) is 5.11. The van der Waals surface area contributed by atoms with Crippen LogP contribution in [0.2, 0.25) is 0 Å². The molecule has 1 heterocycles. The molecular formula is C15H22N4O2. The maximum Gasteiger partial charge on any atom is 0.341 e. The Kier molecular flexibility index (Phi) is 6.47. The van der Waals surface area contributed by atoms with Crippen molar-refractivity contribution < 1.29 is 9.53 Å². The van der Waals surface area contributed by atoms with Crippen LogP contribution in [0.5, 0.6) is 0 Å². The summed E-state index contributed by atoms with van der Waals surface area (Å²) in [6.45, 7) is 7.39. The fraction of sp³-hybridized carbons (Fsp3) is 0.533. The van der Waals surface area contributed by atoms with Crippen molar-refractivity contribution in [3.8, 4) is 6.07 Å². The first-order chi connectivity index (χ1) is 9.99. The number of nitriles is 1. The predicted octanol–water partition coefficient (Wildman–Crippen LogP) is 2.22. The molecule has 6 heteroatoms. The molecule has 0 radical (unpaired) electrons. The van der Waals surface area contributed by atoms with E-state index < -0.39 is 5.97 Å². The SMILES string of the molecule is CCOC(=O)c1cc(N)cnc1N(CCC#N)CC(C)C. The van der Waals surface area contributed by atoms with Crippen molar-refractivity contribution in [1.82, 2.24) is 4.98 Å². The second-order valence-electron chi connectivity index (χ2n) is 5.11. The van der Waals surface area contributed by atoms with Crippen molar-refractivity contribution in [2.75, 3.05) is 30.3 Å². The standard InChI is InChI=1S/C15H22N4O2/c1-4-21-15(20)13-8-12(17)9-18-14(13)19(7-5-6-16)10-11(2)3/h8-9,11H,4-5,7,10,17H2,1-3H3. The van der Waals surface area contributed by atoms with Crippen molar-refractivity contribution in [3.05, 3.63) is 17.8 Å². The maximum atomic E-state index is 12.1. The van der Waals surface area contributed by atoms with Crippen molar-refractivity contribution in [2.45, 2.75) is 27.2 Å². The van der Waals surface area contributed by atoms with Gasteiger partial charge in [0.05, 0.1) is 31.0 Å². The first kappa shape index (κ1) is 16.8. The zero-order valence-electron chi connectivity index (χ0n) is 12.8. The molecule has 114 valence electrons. The molecule has 1 rings (SSSR count). The molecule has 0 bridgehead atoms. The number of carbonyl (C=O) groups excluding carboxylic acids is 1. The van der Waals surface area contributed by atoms with Crippen LogP contribution >= 0.6 is 0 Å². The summed E-state index contributed by atoms with van der Waals surface area (Å²) in [6, 6.07) is 3.69. The molecular weight excluding hydrogens is 268 g/mol. The van der Waals surface area contributed by atoms with Crippen molar-refractivity contribution in [1.29, 1.82) is 5.26 Å². The van der Waals surface area contributed by atoms with Crippen LogP contribution in [0.15, 0.2) is 12.3 Å². The normalized spacial score (nSPS) is 10.2. The van der Waals surface area contributed by atoms with Crippen molar-refractivity contribution in [2.24, 2.45) is 5.92 Å². The summed E-state index contributed by atoms with van der Waals surface area (Å²) in [7, 11) is 0. The zero-order valence-corrected chi connectivity index (χ0v) is 12.8. The number of rotatable bonds is 7. The summed E-state index contributed by atoms with van der Waals surface area (Å²) in [6.07, 6.45) is 1.87. The summed E-state index contributed by atoms with van der Waals surface area (Å²) in [5, 5.41) is 8.79. The molecule has 0 aromatic carbocycles. The number of pyridine rings is 1. The van der Waals surface area contributed by atoms with Crippen LogP contribution in [0.25, 0.3) is 0 Å². The molecule has 0 aliphatic rings. The third-order valence-corrected chi connectivity index (χ3v) is 2.76. The number of ether oxygens (including phenoxy) is 1. The Morgan fingerprint density at radius 3 is 2.86 bits per heavy atom. The van der Waals surface area contributed by atoms with Gasteiger partial charge < -0.3 is 15.4 Å². The van der Waals surface area contributed by atoms with E-state index in [0.29, 0.717) is 42.5 Å². The monoisotopic (exact) mass is 290 g/mol. The second kappa shape index (κ2) is 8.10. The number of nitrogens with two attached hydrogens (primary N) is 1. The van der Waals surface area contributed by atoms with Gasteiger partial charge in [-0.15, -0.1) is 0 Å². The van der Waals surface area contributed by atoms with Gasteiger partial charge >= 0.3 is 5.97 Å². The number of nitrogens with zero attached hydrogens (tertiary/aromatic N) is 3. The number of anilines is 2. The molecule has 0 aliphatic heterocycles. The van der Waals surface area contributed by atoms with E-state index in [2.05, 4.69) is 24.9 Å². The van der Waals surface area contributed by atoms with Crippen LogP contribution < -0.4 is 10.6 Å². The summed E-state index contributed by atoms with van der Waals surface area (Å²) < 4.78 is 5.06. The van der Waals surface area contributed by atoms with Gasteiger partial charge in [0.1, 0.15) is 11.4 Å². The highest BCUT2D eigenvalue weighted by molar-refractivity contribution is 5.95. The van der Waals surface area contributed by atoms with Crippen LogP contribution in [-0.4, -0.2) is 30.6 Å². The van der Waals surface area contributed by atoms with Gasteiger partial charge in [-0.05, 0) is 18.9 Å².